The summed E-state index contributed by atoms with van der Waals surface area (Å²) >= 11 is 0. The van der Waals surface area contributed by atoms with Crippen molar-refractivity contribution in [2.45, 2.75) is 52.8 Å². The van der Waals surface area contributed by atoms with E-state index in [0.29, 0.717) is 30.2 Å². The predicted octanol–water partition coefficient (Wildman–Crippen LogP) is 5.48. The molecule has 1 fully saturated rings. The summed E-state index contributed by atoms with van der Waals surface area (Å²) in [5, 5.41) is 8.71. The number of nitrogens with two attached hydrogens (primary N) is 2. The number of ether oxygens (including phenoxy) is 1. The van der Waals surface area contributed by atoms with E-state index in [2.05, 4.69) is 10.4 Å². The maximum atomic E-state index is 12.7. The van der Waals surface area contributed by atoms with Crippen LogP contribution >= 0.6 is 0 Å². The fourth-order valence-electron chi connectivity index (χ4n) is 2.92. The number of para-hydroxylation sites is 1. The number of hydrazone groups is 1. The third-order valence-corrected chi connectivity index (χ3v) is 4.48. The predicted molar refractivity (Wildman–Crippen MR) is 124 cm³/mol. The maximum absolute atomic E-state index is 12.7. The van der Waals surface area contributed by atoms with Gasteiger partial charge in [-0.1, -0.05) is 39.8 Å². The molecular weight excluding hydrogens is 419 g/mol. The number of hydrogen-bond acceptors (Lipinski definition) is 5. The highest BCUT2D eigenvalue weighted by Crippen LogP contribution is 2.30. The highest BCUT2D eigenvalue weighted by molar-refractivity contribution is 6.02. The molecule has 1 heterocycles. The number of nitrogens with one attached hydrogen (secondary N) is 1. The van der Waals surface area contributed by atoms with Crippen molar-refractivity contribution in [3.63, 3.8) is 0 Å². The summed E-state index contributed by atoms with van der Waals surface area (Å²) in [5.74, 6) is 6.24. The lowest BCUT2D eigenvalue weighted by Crippen LogP contribution is -2.42. The highest BCUT2D eigenvalue weighted by Gasteiger charge is 2.30. The molecule has 0 atom stereocenters. The fraction of sp³-hybridized carbons (Fsp3) is 0.435. The van der Waals surface area contributed by atoms with Crippen LogP contribution < -0.4 is 16.9 Å². The molecule has 3 rings (SSSR count). The van der Waals surface area contributed by atoms with Crippen LogP contribution in [-0.4, -0.2) is 30.2 Å². The third kappa shape index (κ3) is 8.05. The van der Waals surface area contributed by atoms with E-state index < -0.39 is 11.7 Å². The van der Waals surface area contributed by atoms with Gasteiger partial charge in [-0.3, -0.25) is 0 Å². The van der Waals surface area contributed by atoms with Crippen molar-refractivity contribution in [1.29, 1.82) is 0 Å². The van der Waals surface area contributed by atoms with Gasteiger partial charge in [0.05, 0.1) is 11.6 Å². The molecular formula is C23H34F3N5O. The molecule has 5 N–H and O–H groups in total. The maximum Gasteiger partial charge on any atom is 0.416 e. The first-order valence-electron chi connectivity index (χ1n) is 10.8. The van der Waals surface area contributed by atoms with Crippen molar-refractivity contribution < 1.29 is 17.9 Å². The Morgan fingerprint density at radius 3 is 2.12 bits per heavy atom. The quantitative estimate of drug-likeness (QED) is 0.242. The third-order valence-electron chi connectivity index (χ3n) is 4.48. The molecule has 0 spiro atoms. The van der Waals surface area contributed by atoms with Gasteiger partial charge in [-0.2, -0.15) is 13.2 Å². The highest BCUT2D eigenvalue weighted by atomic mass is 19.4. The van der Waals surface area contributed by atoms with Crippen LogP contribution in [0.4, 0.5) is 24.5 Å². The van der Waals surface area contributed by atoms with Crippen molar-refractivity contribution in [2.75, 3.05) is 18.5 Å². The van der Waals surface area contributed by atoms with Crippen LogP contribution in [0.25, 0.3) is 0 Å². The molecule has 0 saturated carbocycles. The first kappa shape index (κ1) is 27.3. The van der Waals surface area contributed by atoms with Crippen LogP contribution in [-0.2, 0) is 10.9 Å². The Balaban J connectivity index is 0.00000121. The van der Waals surface area contributed by atoms with E-state index in [-0.39, 0.29) is 11.9 Å². The largest absolute Gasteiger partial charge is 0.416 e. The summed E-state index contributed by atoms with van der Waals surface area (Å²) in [7, 11) is 0. The number of amidine groups is 1. The molecule has 32 heavy (non-hydrogen) atoms. The van der Waals surface area contributed by atoms with Crippen molar-refractivity contribution in [3.05, 3.63) is 59.7 Å². The standard InChI is InChI=1S/C19H22F3N5O.2C2H6/c20-19(21,22)13-5-7-14(8-6-13)25-17-4-2-1-3-16(17)18(23)26-27(24)15-9-11-28-12-10-15;2*1-2/h1-8,15,25H,9-12,24H2,(H2,23,26);2*1-2H3. The summed E-state index contributed by atoms with van der Waals surface area (Å²) in [4.78, 5) is 0. The van der Waals surface area contributed by atoms with Crippen LogP contribution in [0.5, 0.6) is 0 Å². The van der Waals surface area contributed by atoms with Gasteiger partial charge in [0.2, 0.25) is 0 Å². The fourth-order valence-corrected chi connectivity index (χ4v) is 2.92. The zero-order chi connectivity index (χ0) is 24.1. The topological polar surface area (TPSA) is 88.9 Å². The molecule has 1 aliphatic heterocycles. The van der Waals surface area contributed by atoms with Crippen LogP contribution in [0.2, 0.25) is 0 Å². The molecule has 1 saturated heterocycles. The summed E-state index contributed by atoms with van der Waals surface area (Å²) < 4.78 is 43.5. The number of anilines is 2. The molecule has 2 aromatic carbocycles. The Morgan fingerprint density at radius 1 is 1.00 bits per heavy atom. The summed E-state index contributed by atoms with van der Waals surface area (Å²) in [6, 6.07) is 11.9. The molecule has 2 aromatic rings. The number of alkyl halides is 3. The lowest BCUT2D eigenvalue weighted by molar-refractivity contribution is -0.137. The Labute approximate surface area is 188 Å². The van der Waals surface area contributed by atoms with E-state index >= 15 is 0 Å². The Kier molecular flexibility index (Phi) is 11.6. The number of nitrogens with zero attached hydrogens (tertiary/aromatic N) is 2. The first-order chi connectivity index (χ1) is 15.3. The van der Waals surface area contributed by atoms with Crippen molar-refractivity contribution in [2.24, 2.45) is 16.7 Å². The second-order valence-corrected chi connectivity index (χ2v) is 6.45. The molecule has 0 unspecified atom stereocenters. The number of hydrazine groups is 1. The SMILES string of the molecule is CC.CC.N/C(=N\N(N)C1CCOCC1)c1ccccc1Nc1ccc(C(F)(F)F)cc1. The van der Waals surface area contributed by atoms with Gasteiger partial charge in [0.1, 0.15) is 0 Å². The zero-order valence-corrected chi connectivity index (χ0v) is 19.1. The van der Waals surface area contributed by atoms with E-state index in [1.807, 2.05) is 27.7 Å². The summed E-state index contributed by atoms with van der Waals surface area (Å²) in [6.07, 6.45) is -2.85. The van der Waals surface area contributed by atoms with E-state index in [1.54, 1.807) is 24.3 Å². The van der Waals surface area contributed by atoms with Gasteiger partial charge in [-0.25, -0.2) is 11.0 Å². The number of hydrogen-bond donors (Lipinski definition) is 3. The zero-order valence-electron chi connectivity index (χ0n) is 19.1. The van der Waals surface area contributed by atoms with Crippen molar-refractivity contribution in [1.82, 2.24) is 5.12 Å². The molecule has 1 aliphatic rings. The number of rotatable bonds is 5. The first-order valence-corrected chi connectivity index (χ1v) is 10.8. The van der Waals surface area contributed by atoms with Crippen molar-refractivity contribution >= 4 is 17.2 Å². The average Bonchev–Trinajstić information content (AvgIpc) is 2.82. The Morgan fingerprint density at radius 2 is 1.56 bits per heavy atom. The van der Waals surface area contributed by atoms with Crippen LogP contribution in [0.1, 0.15) is 51.7 Å². The second-order valence-electron chi connectivity index (χ2n) is 6.45. The van der Waals surface area contributed by atoms with Crippen LogP contribution in [0, 0.1) is 0 Å². The van der Waals surface area contributed by atoms with E-state index in [9.17, 15) is 13.2 Å². The van der Waals surface area contributed by atoms with Gasteiger partial charge in [-0.05, 0) is 49.2 Å². The summed E-state index contributed by atoms with van der Waals surface area (Å²) in [6.45, 7) is 9.25. The van der Waals surface area contributed by atoms with Crippen LogP contribution in [0.15, 0.2) is 53.6 Å². The molecule has 0 aliphatic carbocycles. The van der Waals surface area contributed by atoms with Gasteiger partial charge < -0.3 is 15.8 Å². The Bertz CT molecular complexity index is 819. The molecule has 0 bridgehead atoms. The smallest absolute Gasteiger partial charge is 0.382 e. The molecule has 9 heteroatoms. The average molecular weight is 454 g/mol. The van der Waals surface area contributed by atoms with Gasteiger partial charge >= 0.3 is 6.18 Å². The summed E-state index contributed by atoms with van der Waals surface area (Å²) in [5.41, 5.74) is 7.16. The molecule has 0 radical (unpaired) electrons. The van der Waals surface area contributed by atoms with Gasteiger partial charge in [0.15, 0.2) is 5.84 Å². The normalized spacial score (nSPS) is 14.4. The Hall–Kier alpha value is -2.78. The van der Waals surface area contributed by atoms with Gasteiger partial charge in [0, 0.05) is 30.2 Å². The minimum absolute atomic E-state index is 0.0438. The molecule has 0 amide bonds. The van der Waals surface area contributed by atoms with Gasteiger partial charge in [0.25, 0.3) is 0 Å². The van der Waals surface area contributed by atoms with E-state index in [0.717, 1.165) is 25.0 Å². The lowest BCUT2D eigenvalue weighted by atomic mass is 10.1. The number of benzene rings is 2. The lowest BCUT2D eigenvalue weighted by Gasteiger charge is -2.28. The minimum Gasteiger partial charge on any atom is -0.382 e. The minimum atomic E-state index is -4.37. The van der Waals surface area contributed by atoms with E-state index in [4.69, 9.17) is 16.3 Å². The van der Waals surface area contributed by atoms with Gasteiger partial charge in [-0.15, -0.1) is 5.10 Å². The van der Waals surface area contributed by atoms with E-state index in [1.165, 1.54) is 17.3 Å². The number of halogens is 3. The van der Waals surface area contributed by atoms with Crippen LogP contribution in [0.3, 0.4) is 0 Å². The molecule has 6 nitrogen and oxygen atoms in total. The monoisotopic (exact) mass is 453 g/mol. The van der Waals surface area contributed by atoms with Crippen molar-refractivity contribution in [3.8, 4) is 0 Å². The molecule has 178 valence electrons. The second kappa shape index (κ2) is 13.6. The molecule has 0 aromatic heterocycles.